The van der Waals surface area contributed by atoms with E-state index in [0.717, 1.165) is 5.01 Å². The van der Waals surface area contributed by atoms with Crippen molar-refractivity contribution in [3.63, 3.8) is 0 Å². The number of amides is 1. The summed E-state index contributed by atoms with van der Waals surface area (Å²) in [6, 6.07) is 4.56. The number of aromatic nitrogens is 1. The Morgan fingerprint density at radius 1 is 1.55 bits per heavy atom. The molecule has 1 aromatic carbocycles. The van der Waals surface area contributed by atoms with E-state index in [0.29, 0.717) is 12.3 Å². The number of benzene rings is 1. The molecule has 0 aliphatic heterocycles. The Labute approximate surface area is 121 Å². The first-order valence-corrected chi connectivity index (χ1v) is 7.04. The first-order chi connectivity index (χ1) is 9.61. The first kappa shape index (κ1) is 14.3. The summed E-state index contributed by atoms with van der Waals surface area (Å²) in [7, 11) is 1.51. The fraction of sp³-hybridized carbons (Fsp3) is 0.286. The highest BCUT2D eigenvalue weighted by Crippen LogP contribution is 2.23. The van der Waals surface area contributed by atoms with E-state index in [9.17, 15) is 9.90 Å². The van der Waals surface area contributed by atoms with Crippen LogP contribution in [0.1, 0.15) is 28.2 Å². The van der Waals surface area contributed by atoms with Crippen molar-refractivity contribution in [2.45, 2.75) is 12.8 Å². The van der Waals surface area contributed by atoms with Gasteiger partial charge in [-0.25, -0.2) is 4.98 Å². The van der Waals surface area contributed by atoms with Gasteiger partial charge in [-0.2, -0.15) is 0 Å². The van der Waals surface area contributed by atoms with Crippen LogP contribution in [0.25, 0.3) is 0 Å². The van der Waals surface area contributed by atoms with Gasteiger partial charge in [0.15, 0.2) is 0 Å². The largest absolute Gasteiger partial charge is 0.507 e. The van der Waals surface area contributed by atoms with E-state index in [1.165, 1.54) is 19.2 Å². The summed E-state index contributed by atoms with van der Waals surface area (Å²) >= 11 is 1.56. The first-order valence-electron chi connectivity index (χ1n) is 6.16. The Hall–Kier alpha value is -2.08. The molecule has 6 heteroatoms. The number of thiazole rings is 1. The highest BCUT2D eigenvalue weighted by atomic mass is 32.1. The second kappa shape index (κ2) is 6.38. The Kier molecular flexibility index (Phi) is 4.57. The van der Waals surface area contributed by atoms with Crippen molar-refractivity contribution in [2.75, 3.05) is 13.7 Å². The van der Waals surface area contributed by atoms with Gasteiger partial charge in [0.1, 0.15) is 11.5 Å². The lowest BCUT2D eigenvalue weighted by Crippen LogP contribution is -2.27. The van der Waals surface area contributed by atoms with Crippen molar-refractivity contribution < 1.29 is 14.6 Å². The minimum absolute atomic E-state index is 0.0646. The second-order valence-electron chi connectivity index (χ2n) is 4.36. The Balaban J connectivity index is 2.01. The number of methoxy groups -OCH3 is 1. The van der Waals surface area contributed by atoms with Gasteiger partial charge in [-0.1, -0.05) is 6.92 Å². The summed E-state index contributed by atoms with van der Waals surface area (Å²) in [6.07, 6.45) is 1.74. The van der Waals surface area contributed by atoms with Crippen molar-refractivity contribution >= 4 is 17.2 Å². The molecule has 0 radical (unpaired) electrons. The van der Waals surface area contributed by atoms with Crippen LogP contribution in [0.3, 0.4) is 0 Å². The normalized spacial score (nSPS) is 11.9. The summed E-state index contributed by atoms with van der Waals surface area (Å²) in [4.78, 5) is 16.3. The van der Waals surface area contributed by atoms with E-state index in [1.54, 1.807) is 23.6 Å². The molecule has 20 heavy (non-hydrogen) atoms. The average Bonchev–Trinajstić information content (AvgIpc) is 2.99. The van der Waals surface area contributed by atoms with Gasteiger partial charge in [-0.3, -0.25) is 4.79 Å². The molecule has 0 saturated heterocycles. The number of phenolic OH excluding ortho intramolecular Hbond substituents is 1. The van der Waals surface area contributed by atoms with Crippen molar-refractivity contribution in [1.82, 2.24) is 10.3 Å². The number of carbonyl (C=O) groups is 1. The van der Waals surface area contributed by atoms with E-state index >= 15 is 0 Å². The van der Waals surface area contributed by atoms with Gasteiger partial charge >= 0.3 is 0 Å². The minimum atomic E-state index is -0.329. The molecule has 2 aromatic rings. The Morgan fingerprint density at radius 3 is 3.00 bits per heavy atom. The number of hydrogen-bond acceptors (Lipinski definition) is 5. The molecule has 2 N–H and O–H groups in total. The molecule has 0 bridgehead atoms. The molecule has 2 rings (SSSR count). The smallest absolute Gasteiger partial charge is 0.255 e. The zero-order valence-corrected chi connectivity index (χ0v) is 12.1. The highest BCUT2D eigenvalue weighted by molar-refractivity contribution is 7.09. The molecule has 1 aromatic heterocycles. The number of aromatic hydroxyl groups is 1. The van der Waals surface area contributed by atoms with Gasteiger partial charge in [0, 0.05) is 24.0 Å². The van der Waals surface area contributed by atoms with E-state index in [1.807, 2.05) is 12.3 Å². The molecule has 1 heterocycles. The average molecular weight is 292 g/mol. The summed E-state index contributed by atoms with van der Waals surface area (Å²) in [5.74, 6) is 0.266. The fourth-order valence-corrected chi connectivity index (χ4v) is 2.43. The Bertz CT molecular complexity index is 584. The highest BCUT2D eigenvalue weighted by Gasteiger charge is 2.14. The summed E-state index contributed by atoms with van der Waals surface area (Å²) in [6.45, 7) is 2.45. The standard InChI is InChI=1S/C14H16N2O3S/c1-9(14-15-5-6-20-14)8-16-13(18)11-7-10(19-2)3-4-12(11)17/h3-7,9,17H,8H2,1-2H3,(H,16,18). The van der Waals surface area contributed by atoms with Crippen LogP contribution in [0.2, 0.25) is 0 Å². The van der Waals surface area contributed by atoms with Gasteiger partial charge in [0.2, 0.25) is 0 Å². The molecule has 5 nitrogen and oxygen atoms in total. The lowest BCUT2D eigenvalue weighted by atomic mass is 10.1. The van der Waals surface area contributed by atoms with Gasteiger partial charge in [-0.05, 0) is 18.2 Å². The van der Waals surface area contributed by atoms with Gasteiger partial charge in [0.25, 0.3) is 5.91 Å². The molecular formula is C14H16N2O3S. The second-order valence-corrected chi connectivity index (χ2v) is 5.29. The summed E-state index contributed by atoms with van der Waals surface area (Å²) in [5.41, 5.74) is 0.204. The topological polar surface area (TPSA) is 71.5 Å². The number of phenols is 1. The molecule has 0 saturated carbocycles. The summed E-state index contributed by atoms with van der Waals surface area (Å²) < 4.78 is 5.05. The monoisotopic (exact) mass is 292 g/mol. The molecule has 1 atom stereocenters. The number of hydrogen-bond donors (Lipinski definition) is 2. The van der Waals surface area contributed by atoms with Crippen LogP contribution < -0.4 is 10.1 Å². The predicted octanol–water partition coefficient (Wildman–Crippen LogP) is 2.39. The Morgan fingerprint density at radius 2 is 2.35 bits per heavy atom. The third-order valence-corrected chi connectivity index (χ3v) is 3.90. The number of nitrogens with one attached hydrogen (secondary N) is 1. The van der Waals surface area contributed by atoms with Crippen LogP contribution >= 0.6 is 11.3 Å². The number of ether oxygens (including phenoxy) is 1. The van der Waals surface area contributed by atoms with Crippen molar-refractivity contribution in [3.8, 4) is 11.5 Å². The van der Waals surface area contributed by atoms with E-state index in [2.05, 4.69) is 10.3 Å². The van der Waals surface area contributed by atoms with Gasteiger partial charge in [0.05, 0.1) is 17.7 Å². The lowest BCUT2D eigenvalue weighted by Gasteiger charge is -2.11. The molecular weight excluding hydrogens is 276 g/mol. The minimum Gasteiger partial charge on any atom is -0.507 e. The van der Waals surface area contributed by atoms with E-state index < -0.39 is 0 Å². The third-order valence-electron chi connectivity index (χ3n) is 2.89. The number of nitrogens with zero attached hydrogens (tertiary/aromatic N) is 1. The van der Waals surface area contributed by atoms with E-state index in [-0.39, 0.29) is 23.1 Å². The molecule has 0 spiro atoms. The van der Waals surface area contributed by atoms with Crippen molar-refractivity contribution in [1.29, 1.82) is 0 Å². The zero-order valence-electron chi connectivity index (χ0n) is 11.3. The fourth-order valence-electron chi connectivity index (χ4n) is 1.73. The molecule has 0 aliphatic carbocycles. The molecule has 0 aliphatic rings. The van der Waals surface area contributed by atoms with Gasteiger partial charge in [-0.15, -0.1) is 11.3 Å². The molecule has 1 unspecified atom stereocenters. The molecule has 0 fully saturated rings. The van der Waals surface area contributed by atoms with Crippen LogP contribution in [-0.2, 0) is 0 Å². The van der Waals surface area contributed by atoms with E-state index in [4.69, 9.17) is 4.74 Å². The molecule has 106 valence electrons. The van der Waals surface area contributed by atoms with Crippen LogP contribution in [0.5, 0.6) is 11.5 Å². The number of carbonyl (C=O) groups excluding carboxylic acids is 1. The quantitative estimate of drug-likeness (QED) is 0.887. The third kappa shape index (κ3) is 3.27. The van der Waals surface area contributed by atoms with Crippen LogP contribution in [0.4, 0.5) is 0 Å². The molecule has 1 amide bonds. The van der Waals surface area contributed by atoms with Crippen LogP contribution in [-0.4, -0.2) is 29.7 Å². The lowest BCUT2D eigenvalue weighted by molar-refractivity contribution is 0.0948. The maximum atomic E-state index is 12.1. The number of rotatable bonds is 5. The predicted molar refractivity (Wildman–Crippen MR) is 77.5 cm³/mol. The SMILES string of the molecule is COc1ccc(O)c(C(=O)NCC(C)c2nccs2)c1. The maximum absolute atomic E-state index is 12.1. The van der Waals surface area contributed by atoms with Crippen molar-refractivity contribution in [3.05, 3.63) is 40.3 Å². The zero-order chi connectivity index (χ0) is 14.5. The summed E-state index contributed by atoms with van der Waals surface area (Å²) in [5, 5.41) is 15.4. The van der Waals surface area contributed by atoms with Crippen LogP contribution in [0, 0.1) is 0 Å². The maximum Gasteiger partial charge on any atom is 0.255 e. The van der Waals surface area contributed by atoms with Crippen molar-refractivity contribution in [2.24, 2.45) is 0 Å². The van der Waals surface area contributed by atoms with Crippen LogP contribution in [0.15, 0.2) is 29.8 Å². The van der Waals surface area contributed by atoms with Gasteiger partial charge < -0.3 is 15.2 Å².